The quantitative estimate of drug-likeness (QED) is 0.248. The lowest BCUT2D eigenvalue weighted by Crippen LogP contribution is -2.14. The van der Waals surface area contributed by atoms with Crippen LogP contribution in [0, 0.1) is 0 Å². The van der Waals surface area contributed by atoms with Gasteiger partial charge < -0.3 is 4.57 Å². The average Bonchev–Trinajstić information content (AvgIpc) is 3.61. The predicted molar refractivity (Wildman–Crippen MR) is 128 cm³/mol. The van der Waals surface area contributed by atoms with Crippen LogP contribution in [0.3, 0.4) is 0 Å². The standard InChI is InChI=1S/C26H22F5N3O2S/c1-2-37(35,36)23-9-18(17-7-5-16(6-8-17)15-3-4-15)12-32-25(23)21-11-22-20(33-21)10-19(26(29,30)31)13-34(22)14-24(27)28/h5-13,15,24H,2-4,14H2,1H3. The summed E-state index contributed by atoms with van der Waals surface area (Å²) >= 11 is 0. The van der Waals surface area contributed by atoms with Gasteiger partial charge in [0.25, 0.3) is 6.43 Å². The number of halogens is 5. The van der Waals surface area contributed by atoms with E-state index in [-0.39, 0.29) is 33.4 Å². The third kappa shape index (κ3) is 5.09. The Morgan fingerprint density at radius 3 is 2.32 bits per heavy atom. The Morgan fingerprint density at radius 1 is 1.03 bits per heavy atom. The number of rotatable bonds is 7. The van der Waals surface area contributed by atoms with E-state index < -0.39 is 34.5 Å². The molecule has 194 valence electrons. The smallest absolute Gasteiger partial charge is 0.340 e. The second-order valence-corrected chi connectivity index (χ2v) is 11.3. The summed E-state index contributed by atoms with van der Waals surface area (Å²) in [5.74, 6) is 0.323. The summed E-state index contributed by atoms with van der Waals surface area (Å²) in [7, 11) is -3.83. The van der Waals surface area contributed by atoms with Crippen LogP contribution in [0.15, 0.2) is 59.8 Å². The lowest BCUT2D eigenvalue weighted by atomic mass is 10.0. The maximum Gasteiger partial charge on any atom is 0.417 e. The van der Waals surface area contributed by atoms with Gasteiger partial charge in [0.15, 0.2) is 9.84 Å². The predicted octanol–water partition coefficient (Wildman–Crippen LogP) is 6.67. The van der Waals surface area contributed by atoms with E-state index in [9.17, 15) is 30.4 Å². The van der Waals surface area contributed by atoms with Gasteiger partial charge in [0.05, 0.1) is 39.8 Å². The molecule has 3 aliphatic rings. The molecule has 3 heterocycles. The first-order valence-electron chi connectivity index (χ1n) is 11.7. The van der Waals surface area contributed by atoms with Gasteiger partial charge in [-0.05, 0) is 48.1 Å². The zero-order chi connectivity index (χ0) is 26.5. The van der Waals surface area contributed by atoms with Gasteiger partial charge in [-0.15, -0.1) is 0 Å². The van der Waals surface area contributed by atoms with Gasteiger partial charge in [-0.25, -0.2) is 22.2 Å². The fraction of sp³-hybridized carbons (Fsp3) is 0.308. The van der Waals surface area contributed by atoms with Crippen molar-refractivity contribution in [3.05, 3.63) is 66.0 Å². The van der Waals surface area contributed by atoms with E-state index in [1.807, 2.05) is 24.3 Å². The maximum atomic E-state index is 13.4. The monoisotopic (exact) mass is 535 g/mol. The topological polar surface area (TPSA) is 64.8 Å². The minimum atomic E-state index is -4.77. The van der Waals surface area contributed by atoms with Crippen molar-refractivity contribution in [3.63, 3.8) is 0 Å². The van der Waals surface area contributed by atoms with Crippen LogP contribution in [0.2, 0.25) is 0 Å². The number of nitrogens with zero attached hydrogens (tertiary/aromatic N) is 3. The van der Waals surface area contributed by atoms with Crippen molar-refractivity contribution in [2.24, 2.45) is 0 Å². The van der Waals surface area contributed by atoms with Crippen LogP contribution >= 0.6 is 0 Å². The number of fused-ring (bicyclic) bond motifs is 1. The Bertz CT molecular complexity index is 1520. The second-order valence-electron chi connectivity index (χ2n) is 9.05. The van der Waals surface area contributed by atoms with Gasteiger partial charge in [0.1, 0.15) is 5.69 Å². The van der Waals surface area contributed by atoms with Crippen LogP contribution in [-0.2, 0) is 22.6 Å². The van der Waals surface area contributed by atoms with Crippen LogP contribution in [-0.4, -0.2) is 35.1 Å². The molecular formula is C26H22F5N3O2S. The van der Waals surface area contributed by atoms with Crippen LogP contribution < -0.4 is 0 Å². The molecule has 0 saturated heterocycles. The van der Waals surface area contributed by atoms with Gasteiger partial charge in [0, 0.05) is 18.0 Å². The summed E-state index contributed by atoms with van der Waals surface area (Å²) < 4.78 is 93.3. The minimum Gasteiger partial charge on any atom is -0.340 e. The van der Waals surface area contributed by atoms with E-state index >= 15 is 0 Å². The molecule has 1 fully saturated rings. The third-order valence-corrected chi connectivity index (χ3v) is 8.18. The number of sulfone groups is 1. The summed E-state index contributed by atoms with van der Waals surface area (Å²) in [5, 5.41) is 0. The zero-order valence-corrected chi connectivity index (χ0v) is 20.5. The van der Waals surface area contributed by atoms with Gasteiger partial charge >= 0.3 is 6.18 Å². The first-order valence-corrected chi connectivity index (χ1v) is 13.3. The lowest BCUT2D eigenvalue weighted by Gasteiger charge is -2.15. The van der Waals surface area contributed by atoms with Crippen molar-refractivity contribution in [3.8, 4) is 33.9 Å². The Labute approximate surface area is 210 Å². The van der Waals surface area contributed by atoms with Crippen LogP contribution in [0.25, 0.3) is 33.9 Å². The molecule has 0 bridgehead atoms. The summed E-state index contributed by atoms with van der Waals surface area (Å²) in [4.78, 5) is 8.40. The SMILES string of the molecule is CCS(=O)(=O)c1cc(-c2ccc(C3CC3)cc2)cnc1-c1cc2n(CC(F)F)cc(C(F)(F)F)cc-2n1. The highest BCUT2D eigenvalue weighted by Gasteiger charge is 2.34. The summed E-state index contributed by atoms with van der Waals surface area (Å²) in [6, 6.07) is 11.3. The summed E-state index contributed by atoms with van der Waals surface area (Å²) in [6.07, 6.45) is -3.30. The summed E-state index contributed by atoms with van der Waals surface area (Å²) in [6.45, 7) is 0.492. The molecule has 0 unspecified atom stereocenters. The van der Waals surface area contributed by atoms with E-state index in [1.165, 1.54) is 30.8 Å². The number of pyridine rings is 2. The van der Waals surface area contributed by atoms with Gasteiger partial charge in [-0.3, -0.25) is 4.98 Å². The minimum absolute atomic E-state index is 0.0139. The van der Waals surface area contributed by atoms with Crippen LogP contribution in [0.4, 0.5) is 22.0 Å². The van der Waals surface area contributed by atoms with E-state index in [4.69, 9.17) is 0 Å². The van der Waals surface area contributed by atoms with Crippen molar-refractivity contribution >= 4 is 9.84 Å². The molecule has 5 rings (SSSR count). The molecule has 0 radical (unpaired) electrons. The van der Waals surface area contributed by atoms with Crippen molar-refractivity contribution in [2.75, 3.05) is 5.75 Å². The molecule has 37 heavy (non-hydrogen) atoms. The van der Waals surface area contributed by atoms with Crippen molar-refractivity contribution in [1.29, 1.82) is 0 Å². The normalized spacial score (nSPS) is 14.6. The maximum absolute atomic E-state index is 13.4. The molecule has 1 aromatic heterocycles. The van der Waals surface area contributed by atoms with Crippen LogP contribution in [0.1, 0.15) is 36.8 Å². The van der Waals surface area contributed by atoms with Crippen molar-refractivity contribution in [2.45, 2.75) is 49.7 Å². The molecule has 0 atom stereocenters. The van der Waals surface area contributed by atoms with Gasteiger partial charge in [-0.1, -0.05) is 31.2 Å². The Morgan fingerprint density at radius 2 is 1.73 bits per heavy atom. The van der Waals surface area contributed by atoms with Crippen molar-refractivity contribution < 1.29 is 30.4 Å². The molecule has 0 N–H and O–H groups in total. The van der Waals surface area contributed by atoms with E-state index in [0.717, 1.165) is 29.0 Å². The number of alkyl halides is 5. The lowest BCUT2D eigenvalue weighted by molar-refractivity contribution is -0.138. The van der Waals surface area contributed by atoms with Crippen molar-refractivity contribution in [1.82, 2.24) is 14.5 Å². The summed E-state index contributed by atoms with van der Waals surface area (Å²) in [5.41, 5.74) is 1.18. The molecule has 11 heteroatoms. The van der Waals surface area contributed by atoms with E-state index in [0.29, 0.717) is 17.7 Å². The Hall–Kier alpha value is -3.34. The molecular weight excluding hydrogens is 513 g/mol. The van der Waals surface area contributed by atoms with E-state index in [2.05, 4.69) is 9.97 Å². The highest BCUT2D eigenvalue weighted by atomic mass is 32.2. The number of benzene rings is 1. The molecule has 1 aliphatic carbocycles. The van der Waals surface area contributed by atoms with E-state index in [1.54, 1.807) is 0 Å². The number of hydrogen-bond acceptors (Lipinski definition) is 4. The molecule has 1 saturated carbocycles. The number of aromatic nitrogens is 3. The molecule has 5 nitrogen and oxygen atoms in total. The zero-order valence-electron chi connectivity index (χ0n) is 19.6. The molecule has 2 aromatic rings. The average molecular weight is 536 g/mol. The van der Waals surface area contributed by atoms with Crippen LogP contribution in [0.5, 0.6) is 0 Å². The third-order valence-electron chi connectivity index (χ3n) is 6.44. The largest absolute Gasteiger partial charge is 0.417 e. The first-order chi connectivity index (χ1) is 17.5. The molecule has 0 amide bonds. The fourth-order valence-electron chi connectivity index (χ4n) is 4.31. The molecule has 0 spiro atoms. The Kier molecular flexibility index (Phi) is 6.29. The molecule has 1 aromatic carbocycles. The second kappa shape index (κ2) is 9.20. The first kappa shape index (κ1) is 25.3. The van der Waals surface area contributed by atoms with Gasteiger partial charge in [-0.2, -0.15) is 13.2 Å². The molecule has 2 aliphatic heterocycles. The fourth-order valence-corrected chi connectivity index (χ4v) is 5.38. The Balaban J connectivity index is 1.64. The van der Waals surface area contributed by atoms with Gasteiger partial charge in [0.2, 0.25) is 0 Å². The highest BCUT2D eigenvalue weighted by Crippen LogP contribution is 2.41. The highest BCUT2D eigenvalue weighted by molar-refractivity contribution is 7.91. The number of hydrogen-bond donors (Lipinski definition) is 0.